The van der Waals surface area contributed by atoms with Crippen molar-refractivity contribution in [3.63, 3.8) is 0 Å². The van der Waals surface area contributed by atoms with E-state index in [1.807, 2.05) is 0 Å². The van der Waals surface area contributed by atoms with Crippen molar-refractivity contribution in [1.82, 2.24) is 0 Å². The van der Waals surface area contributed by atoms with Crippen LogP contribution in [0.25, 0.3) is 0 Å². The summed E-state index contributed by atoms with van der Waals surface area (Å²) in [6, 6.07) is 0. The minimum atomic E-state index is -4.96. The smallest absolute Gasteiger partial charge is 0.462 e. The summed E-state index contributed by atoms with van der Waals surface area (Å²) in [7, 11) is -9.91. The van der Waals surface area contributed by atoms with Crippen molar-refractivity contribution in [3.8, 4) is 0 Å². The van der Waals surface area contributed by atoms with E-state index in [2.05, 4.69) is 55.4 Å². The first kappa shape index (κ1) is 93.1. The quantitative estimate of drug-likeness (QED) is 0.0222. The van der Waals surface area contributed by atoms with E-state index in [0.717, 1.165) is 120 Å². The maximum Gasteiger partial charge on any atom is 0.472 e. The van der Waals surface area contributed by atoms with Crippen molar-refractivity contribution >= 4 is 39.5 Å². The second-order valence-electron chi connectivity index (χ2n) is 28.8. The Hall–Kier alpha value is -1.94. The first-order valence-corrected chi connectivity index (χ1v) is 42.3. The third-order valence-electron chi connectivity index (χ3n) is 18.3. The van der Waals surface area contributed by atoms with Crippen LogP contribution in [0.2, 0.25) is 0 Å². The number of ether oxygens (including phenoxy) is 4. The molecule has 3 N–H and O–H groups in total. The molecule has 0 saturated heterocycles. The SMILES string of the molecule is CCC(C)CCCCCCCCCCC(=O)OC[C@H](COP(=O)(O)OC[C@@H](O)COP(=O)(O)OC[C@@H](COC(=O)CCCCCCCCC(C)CC)OC(=O)CCCCCCCCCCCCCC(C)C)OC(=O)CCCCCCCCCCCCCCCCCCC(C)C. The molecule has 0 radical (unpaired) electrons. The molecule has 0 spiro atoms. The Bertz CT molecular complexity index is 1870. The van der Waals surface area contributed by atoms with Gasteiger partial charge in [-0.05, 0) is 49.4 Å². The van der Waals surface area contributed by atoms with Crippen molar-refractivity contribution in [1.29, 1.82) is 0 Å². The summed E-state index contributed by atoms with van der Waals surface area (Å²) >= 11 is 0. The fraction of sp³-hybridized carbons (Fsp3) is 0.947. The highest BCUT2D eigenvalue weighted by Crippen LogP contribution is 2.45. The van der Waals surface area contributed by atoms with Gasteiger partial charge in [0.25, 0.3) is 0 Å². The van der Waals surface area contributed by atoms with Crippen LogP contribution >= 0.6 is 15.6 Å². The molecule has 0 heterocycles. The summed E-state index contributed by atoms with van der Waals surface area (Å²) in [6.07, 6.45) is 49.9. The van der Waals surface area contributed by atoms with Gasteiger partial charge in [-0.1, -0.05) is 331 Å². The molecule has 0 bridgehead atoms. The lowest BCUT2D eigenvalue weighted by molar-refractivity contribution is -0.161. The Morgan fingerprint density at radius 3 is 0.747 bits per heavy atom. The van der Waals surface area contributed by atoms with Gasteiger partial charge >= 0.3 is 39.5 Å². The molecule has 0 aliphatic carbocycles. The van der Waals surface area contributed by atoms with Crippen molar-refractivity contribution in [2.24, 2.45) is 23.7 Å². The van der Waals surface area contributed by atoms with Gasteiger partial charge in [-0.15, -0.1) is 0 Å². The Balaban J connectivity index is 5.24. The number of aliphatic hydroxyl groups is 1. The average Bonchev–Trinajstić information content (AvgIpc) is 2.65. The number of carbonyl (C=O) groups is 4. The van der Waals surface area contributed by atoms with Crippen molar-refractivity contribution in [2.75, 3.05) is 39.6 Å². The van der Waals surface area contributed by atoms with E-state index in [1.54, 1.807) is 0 Å². The summed E-state index contributed by atoms with van der Waals surface area (Å²) in [6.45, 7) is 14.2. The molecule has 0 aliphatic rings. The van der Waals surface area contributed by atoms with E-state index in [-0.39, 0.29) is 25.7 Å². The second-order valence-corrected chi connectivity index (χ2v) is 31.7. The predicted molar refractivity (Wildman–Crippen MR) is 386 cm³/mol. The van der Waals surface area contributed by atoms with Gasteiger partial charge in [0, 0.05) is 25.7 Å². The van der Waals surface area contributed by atoms with Gasteiger partial charge in [0.1, 0.15) is 19.3 Å². The van der Waals surface area contributed by atoms with E-state index >= 15 is 0 Å². The summed E-state index contributed by atoms with van der Waals surface area (Å²) < 4.78 is 68.5. The van der Waals surface area contributed by atoms with Crippen LogP contribution in [0.15, 0.2) is 0 Å². The zero-order valence-electron chi connectivity index (χ0n) is 62.3. The van der Waals surface area contributed by atoms with Gasteiger partial charge in [0.05, 0.1) is 26.4 Å². The number of phosphoric ester groups is 2. The van der Waals surface area contributed by atoms with Crippen molar-refractivity contribution < 1.29 is 80.2 Å². The lowest BCUT2D eigenvalue weighted by Crippen LogP contribution is -2.30. The van der Waals surface area contributed by atoms with Crippen molar-refractivity contribution in [2.45, 2.75) is 401 Å². The Labute approximate surface area is 581 Å². The molecule has 0 rings (SSSR count). The number of rotatable bonds is 73. The summed E-state index contributed by atoms with van der Waals surface area (Å²) in [5.41, 5.74) is 0. The van der Waals surface area contributed by atoms with Gasteiger partial charge in [-0.2, -0.15) is 0 Å². The monoisotopic (exact) mass is 1400 g/mol. The lowest BCUT2D eigenvalue weighted by Gasteiger charge is -2.21. The number of aliphatic hydroxyl groups excluding tert-OH is 1. The Morgan fingerprint density at radius 2 is 0.505 bits per heavy atom. The van der Waals surface area contributed by atoms with Crippen LogP contribution in [0.1, 0.15) is 383 Å². The van der Waals surface area contributed by atoms with Gasteiger partial charge in [-0.25, -0.2) is 9.13 Å². The van der Waals surface area contributed by atoms with E-state index in [0.29, 0.717) is 25.7 Å². The third kappa shape index (κ3) is 67.6. The number of hydrogen-bond donors (Lipinski definition) is 3. The fourth-order valence-corrected chi connectivity index (χ4v) is 13.1. The van der Waals surface area contributed by atoms with Crippen LogP contribution < -0.4 is 0 Å². The molecular formula is C76H148O17P2. The summed E-state index contributed by atoms with van der Waals surface area (Å²) in [5, 5.41) is 10.6. The molecule has 0 aromatic carbocycles. The molecule has 0 fully saturated rings. The third-order valence-corrected chi connectivity index (χ3v) is 20.2. The molecule has 0 aliphatic heterocycles. The lowest BCUT2D eigenvalue weighted by atomic mass is 9.99. The van der Waals surface area contributed by atoms with Crippen LogP contribution in [-0.4, -0.2) is 96.7 Å². The molecule has 17 nitrogen and oxygen atoms in total. The molecule has 0 aromatic heterocycles. The maximum absolute atomic E-state index is 13.1. The highest BCUT2D eigenvalue weighted by molar-refractivity contribution is 7.47. The highest BCUT2D eigenvalue weighted by Gasteiger charge is 2.30. The number of hydrogen-bond acceptors (Lipinski definition) is 15. The van der Waals surface area contributed by atoms with Crippen LogP contribution in [0, 0.1) is 23.7 Å². The van der Waals surface area contributed by atoms with Crippen LogP contribution in [0.3, 0.4) is 0 Å². The van der Waals surface area contributed by atoms with Crippen LogP contribution in [-0.2, 0) is 65.4 Å². The molecule has 19 heteroatoms. The average molecular weight is 1400 g/mol. The Morgan fingerprint density at radius 1 is 0.295 bits per heavy atom. The molecule has 0 saturated carbocycles. The molecular weight excluding hydrogens is 1250 g/mol. The molecule has 7 atom stereocenters. The highest BCUT2D eigenvalue weighted by atomic mass is 31.2. The Kier molecular flexibility index (Phi) is 64.0. The van der Waals surface area contributed by atoms with E-state index in [1.165, 1.54) is 180 Å². The van der Waals surface area contributed by atoms with Gasteiger partial charge in [0.2, 0.25) is 0 Å². The van der Waals surface area contributed by atoms with Gasteiger partial charge in [0.15, 0.2) is 12.2 Å². The zero-order chi connectivity index (χ0) is 70.3. The normalized spacial score (nSPS) is 14.7. The fourth-order valence-electron chi connectivity index (χ4n) is 11.5. The van der Waals surface area contributed by atoms with E-state index in [4.69, 9.17) is 37.0 Å². The molecule has 4 unspecified atom stereocenters. The first-order chi connectivity index (χ1) is 45.7. The largest absolute Gasteiger partial charge is 0.472 e. The van der Waals surface area contributed by atoms with E-state index < -0.39 is 97.5 Å². The molecule has 0 aromatic rings. The van der Waals surface area contributed by atoms with Crippen LogP contribution in [0.5, 0.6) is 0 Å². The zero-order valence-corrected chi connectivity index (χ0v) is 64.1. The number of unbranched alkanes of at least 4 members (excludes halogenated alkanes) is 37. The van der Waals surface area contributed by atoms with Crippen molar-refractivity contribution in [3.05, 3.63) is 0 Å². The first-order valence-electron chi connectivity index (χ1n) is 39.3. The standard InChI is InChI=1S/C76H148O17P2/c1-9-68(7)54-46-38-30-26-27-31-40-48-56-73(78)86-62-71(92-75(80)58-50-42-32-24-20-16-14-12-11-13-15-18-22-28-36-44-52-66(3)4)64-90-94(82,83)88-60-70(77)61-89-95(84,85)91-65-72(63-87-74(79)57-49-41-35-34-39-47-55-69(8)10-2)93-76(81)59-51-43-33-25-21-17-19-23-29-37-45-53-67(5)6/h66-72,77H,9-65H2,1-8H3,(H,82,83)(H,84,85)/t68?,69?,70-,71-,72-/m1/s1. The minimum Gasteiger partial charge on any atom is -0.462 e. The molecule has 95 heavy (non-hydrogen) atoms. The topological polar surface area (TPSA) is 237 Å². The maximum atomic E-state index is 13.1. The summed E-state index contributed by atoms with van der Waals surface area (Å²) in [4.78, 5) is 72.8. The predicted octanol–water partition coefficient (Wildman–Crippen LogP) is 22.0. The minimum absolute atomic E-state index is 0.105. The number of esters is 4. The number of phosphoric acid groups is 2. The number of carbonyl (C=O) groups excluding carboxylic acids is 4. The van der Waals surface area contributed by atoms with E-state index in [9.17, 15) is 43.2 Å². The molecule has 564 valence electrons. The second kappa shape index (κ2) is 65.4. The van der Waals surface area contributed by atoms with Gasteiger partial charge < -0.3 is 33.8 Å². The summed E-state index contributed by atoms with van der Waals surface area (Å²) in [5.74, 6) is 0.961. The molecule has 0 amide bonds. The van der Waals surface area contributed by atoms with Gasteiger partial charge in [-0.3, -0.25) is 37.3 Å². The van der Waals surface area contributed by atoms with Crippen LogP contribution in [0.4, 0.5) is 0 Å².